The Hall–Kier alpha value is -0.730. The fraction of sp³-hybridized carbons (Fsp3) is 0.909. The molecule has 0 spiro atoms. The van der Waals surface area contributed by atoms with Gasteiger partial charge in [-0.1, -0.05) is 41.5 Å². The number of hydrogen-bond donors (Lipinski definition) is 0. The number of ether oxygens (including phenoxy) is 1. The molecule has 0 aromatic rings. The first-order valence-corrected chi connectivity index (χ1v) is 5.35. The van der Waals surface area contributed by atoms with Crippen molar-refractivity contribution in [1.29, 1.82) is 0 Å². The van der Waals surface area contributed by atoms with Gasteiger partial charge in [-0.2, -0.15) is 0 Å². The van der Waals surface area contributed by atoms with Crippen molar-refractivity contribution in [2.45, 2.75) is 47.3 Å². The molecule has 0 fully saturated rings. The van der Waals surface area contributed by atoms with Crippen molar-refractivity contribution in [2.24, 2.45) is 22.9 Å². The van der Waals surface area contributed by atoms with Crippen LogP contribution in [0.15, 0.2) is 5.16 Å². The summed E-state index contributed by atoms with van der Waals surface area (Å²) in [5.74, 6) is 1.03. The van der Waals surface area contributed by atoms with Gasteiger partial charge in [0.25, 0.3) is 5.79 Å². The predicted octanol–water partition coefficient (Wildman–Crippen LogP) is 3.01. The first kappa shape index (κ1) is 11.3. The van der Waals surface area contributed by atoms with Crippen LogP contribution in [0.2, 0.25) is 0 Å². The second-order valence-corrected chi connectivity index (χ2v) is 4.81. The SMILES string of the molecule is CC(C)C1=NOC(C(C)C)(C(C)C)O1. The molecule has 3 nitrogen and oxygen atoms in total. The molecule has 14 heavy (non-hydrogen) atoms. The summed E-state index contributed by atoms with van der Waals surface area (Å²) in [7, 11) is 0. The second-order valence-electron chi connectivity index (χ2n) is 4.81. The van der Waals surface area contributed by atoms with E-state index in [-0.39, 0.29) is 5.92 Å². The van der Waals surface area contributed by atoms with Crippen LogP contribution in [0.25, 0.3) is 0 Å². The number of rotatable bonds is 3. The second kappa shape index (κ2) is 3.79. The molecule has 0 aromatic heterocycles. The zero-order valence-electron chi connectivity index (χ0n) is 10.00. The first-order chi connectivity index (χ1) is 6.40. The number of hydrogen-bond acceptors (Lipinski definition) is 3. The third-order valence-electron chi connectivity index (χ3n) is 2.65. The zero-order valence-corrected chi connectivity index (χ0v) is 10.00. The molecule has 1 aliphatic heterocycles. The molecular weight excluding hydrogens is 178 g/mol. The predicted molar refractivity (Wildman–Crippen MR) is 56.9 cm³/mol. The molecule has 0 radical (unpaired) electrons. The van der Waals surface area contributed by atoms with E-state index in [0.29, 0.717) is 17.7 Å². The minimum Gasteiger partial charge on any atom is -0.433 e. The van der Waals surface area contributed by atoms with E-state index in [1.165, 1.54) is 0 Å². The van der Waals surface area contributed by atoms with E-state index in [2.05, 4.69) is 46.7 Å². The van der Waals surface area contributed by atoms with Crippen molar-refractivity contribution in [3.05, 3.63) is 0 Å². The van der Waals surface area contributed by atoms with Crippen LogP contribution in [0.1, 0.15) is 41.5 Å². The fourth-order valence-electron chi connectivity index (χ4n) is 1.65. The lowest BCUT2D eigenvalue weighted by molar-refractivity contribution is -0.218. The van der Waals surface area contributed by atoms with E-state index in [1.807, 2.05) is 0 Å². The molecule has 0 N–H and O–H groups in total. The summed E-state index contributed by atoms with van der Waals surface area (Å²) < 4.78 is 5.86. The largest absolute Gasteiger partial charge is 0.433 e. The smallest absolute Gasteiger partial charge is 0.281 e. The van der Waals surface area contributed by atoms with Gasteiger partial charge in [-0.25, -0.2) is 0 Å². The van der Waals surface area contributed by atoms with Gasteiger partial charge in [0.05, 0.1) is 0 Å². The highest BCUT2D eigenvalue weighted by molar-refractivity contribution is 5.78. The molecule has 0 unspecified atom stereocenters. The van der Waals surface area contributed by atoms with Crippen LogP contribution in [0.4, 0.5) is 0 Å². The molecule has 0 saturated heterocycles. The standard InChI is InChI=1S/C11H21NO2/c1-7(2)10-12-14-11(13-10,8(3)4)9(5)6/h7-9H,1-6H3. The molecule has 1 rings (SSSR count). The van der Waals surface area contributed by atoms with Crippen molar-refractivity contribution in [1.82, 2.24) is 0 Å². The van der Waals surface area contributed by atoms with E-state index in [0.717, 1.165) is 0 Å². The maximum Gasteiger partial charge on any atom is 0.281 e. The Morgan fingerprint density at radius 2 is 1.50 bits per heavy atom. The average Bonchev–Trinajstić information content (AvgIpc) is 2.48. The van der Waals surface area contributed by atoms with Crippen molar-refractivity contribution in [2.75, 3.05) is 0 Å². The Kier molecular flexibility index (Phi) is 3.07. The maximum atomic E-state index is 5.86. The van der Waals surface area contributed by atoms with Gasteiger partial charge in [0.1, 0.15) is 0 Å². The number of nitrogens with zero attached hydrogens (tertiary/aromatic N) is 1. The minimum absolute atomic E-state index is 0.286. The van der Waals surface area contributed by atoms with Crippen molar-refractivity contribution in [3.8, 4) is 0 Å². The van der Waals surface area contributed by atoms with Crippen LogP contribution in [0, 0.1) is 17.8 Å². The Balaban J connectivity index is 2.80. The van der Waals surface area contributed by atoms with Gasteiger partial charge in [-0.15, -0.1) is 0 Å². The van der Waals surface area contributed by atoms with Crippen LogP contribution >= 0.6 is 0 Å². The molecule has 0 bridgehead atoms. The van der Waals surface area contributed by atoms with Crippen molar-refractivity contribution in [3.63, 3.8) is 0 Å². The monoisotopic (exact) mass is 199 g/mol. The first-order valence-electron chi connectivity index (χ1n) is 5.35. The Labute approximate surface area is 86.5 Å². The van der Waals surface area contributed by atoms with E-state index in [9.17, 15) is 0 Å². The van der Waals surface area contributed by atoms with Gasteiger partial charge in [0.2, 0.25) is 5.90 Å². The third-order valence-corrected chi connectivity index (χ3v) is 2.65. The van der Waals surface area contributed by atoms with Gasteiger partial charge in [-0.05, 0) is 5.16 Å². The highest BCUT2D eigenvalue weighted by atomic mass is 16.8. The average molecular weight is 199 g/mol. The lowest BCUT2D eigenvalue weighted by Gasteiger charge is -2.33. The summed E-state index contributed by atoms with van der Waals surface area (Å²) in [6, 6.07) is 0. The molecule has 0 aliphatic carbocycles. The molecule has 82 valence electrons. The van der Waals surface area contributed by atoms with Crippen LogP contribution in [-0.4, -0.2) is 11.7 Å². The topological polar surface area (TPSA) is 30.8 Å². The quantitative estimate of drug-likeness (QED) is 0.699. The minimum atomic E-state index is -0.556. The van der Waals surface area contributed by atoms with Gasteiger partial charge in [-0.3, -0.25) is 0 Å². The molecule has 0 aromatic carbocycles. The lowest BCUT2D eigenvalue weighted by Crippen LogP contribution is -2.43. The molecule has 3 heteroatoms. The van der Waals surface area contributed by atoms with Gasteiger partial charge in [0.15, 0.2) is 0 Å². The maximum absolute atomic E-state index is 5.86. The Morgan fingerprint density at radius 1 is 1.00 bits per heavy atom. The summed E-state index contributed by atoms with van der Waals surface area (Å²) >= 11 is 0. The normalized spacial score (nSPS) is 19.9. The molecule has 1 heterocycles. The Bertz CT molecular complexity index is 223. The van der Waals surface area contributed by atoms with E-state index in [4.69, 9.17) is 9.57 Å². The summed E-state index contributed by atoms with van der Waals surface area (Å²) in [6.45, 7) is 12.5. The molecule has 0 saturated carbocycles. The van der Waals surface area contributed by atoms with E-state index in [1.54, 1.807) is 0 Å². The van der Waals surface area contributed by atoms with E-state index >= 15 is 0 Å². The zero-order chi connectivity index (χ0) is 10.9. The van der Waals surface area contributed by atoms with Gasteiger partial charge >= 0.3 is 0 Å². The van der Waals surface area contributed by atoms with E-state index < -0.39 is 5.79 Å². The molecule has 0 atom stereocenters. The third kappa shape index (κ3) is 1.72. The molecule has 1 aliphatic rings. The van der Waals surface area contributed by atoms with Crippen LogP contribution < -0.4 is 0 Å². The summed E-state index contributed by atoms with van der Waals surface area (Å²) in [6.07, 6.45) is 0. The highest BCUT2D eigenvalue weighted by Crippen LogP contribution is 2.37. The fourth-order valence-corrected chi connectivity index (χ4v) is 1.65. The summed E-state index contributed by atoms with van der Waals surface area (Å²) in [5.41, 5.74) is 0. The number of oxime groups is 1. The molecular formula is C11H21NO2. The molecule has 0 amide bonds. The van der Waals surface area contributed by atoms with Crippen LogP contribution in [0.3, 0.4) is 0 Å². The Morgan fingerprint density at radius 3 is 1.71 bits per heavy atom. The highest BCUT2D eigenvalue weighted by Gasteiger charge is 2.47. The van der Waals surface area contributed by atoms with Crippen LogP contribution in [-0.2, 0) is 9.57 Å². The lowest BCUT2D eigenvalue weighted by atomic mass is 9.91. The van der Waals surface area contributed by atoms with Crippen molar-refractivity contribution >= 4 is 5.90 Å². The summed E-state index contributed by atoms with van der Waals surface area (Å²) in [4.78, 5) is 5.50. The van der Waals surface area contributed by atoms with Crippen molar-refractivity contribution < 1.29 is 9.57 Å². The van der Waals surface area contributed by atoms with Gasteiger partial charge in [0, 0.05) is 17.8 Å². The van der Waals surface area contributed by atoms with Crippen LogP contribution in [0.5, 0.6) is 0 Å². The van der Waals surface area contributed by atoms with Gasteiger partial charge < -0.3 is 9.57 Å². The summed E-state index contributed by atoms with van der Waals surface area (Å²) in [5, 5.41) is 4.03.